The lowest BCUT2D eigenvalue weighted by atomic mass is 10.1. The molecule has 1 fully saturated rings. The lowest BCUT2D eigenvalue weighted by molar-refractivity contribution is 0.122. The van der Waals surface area contributed by atoms with Gasteiger partial charge in [-0.05, 0) is 36.8 Å². The molecular weight excluding hydrogens is 300 g/mol. The van der Waals surface area contributed by atoms with Gasteiger partial charge in [0, 0.05) is 18.8 Å². The fourth-order valence-electron chi connectivity index (χ4n) is 2.51. The van der Waals surface area contributed by atoms with Crippen LogP contribution in [0.3, 0.4) is 0 Å². The molecule has 0 saturated carbocycles. The van der Waals surface area contributed by atoms with Crippen molar-refractivity contribution in [3.05, 3.63) is 47.1 Å². The van der Waals surface area contributed by atoms with E-state index in [1.165, 1.54) is 11.3 Å². The van der Waals surface area contributed by atoms with E-state index in [-0.39, 0.29) is 6.04 Å². The fourth-order valence-corrected chi connectivity index (χ4v) is 2.61. The minimum atomic E-state index is 0.136. The fraction of sp³-hybridized carbons (Fsp3) is 0.375. The number of nitrogens with zero attached hydrogens (tertiary/aromatic N) is 3. The predicted molar refractivity (Wildman–Crippen MR) is 88.6 cm³/mol. The maximum Gasteiger partial charge on any atom is 0.151 e. The van der Waals surface area contributed by atoms with E-state index < -0.39 is 0 Å². The highest BCUT2D eigenvalue weighted by Crippen LogP contribution is 2.23. The van der Waals surface area contributed by atoms with Gasteiger partial charge in [0.1, 0.15) is 5.82 Å². The Hall–Kier alpha value is -1.85. The average Bonchev–Trinajstić information content (AvgIpc) is 2.58. The van der Waals surface area contributed by atoms with Gasteiger partial charge in [-0.25, -0.2) is 0 Å². The molecule has 22 heavy (non-hydrogen) atoms. The molecule has 2 heterocycles. The minimum Gasteiger partial charge on any atom is -0.378 e. The van der Waals surface area contributed by atoms with Gasteiger partial charge in [-0.15, -0.1) is 10.2 Å². The maximum atomic E-state index is 5.75. The highest BCUT2D eigenvalue weighted by atomic mass is 35.5. The van der Waals surface area contributed by atoms with Gasteiger partial charge in [0.2, 0.25) is 0 Å². The molecule has 1 aromatic carbocycles. The first-order chi connectivity index (χ1) is 10.7. The van der Waals surface area contributed by atoms with Crippen LogP contribution in [0.2, 0.25) is 5.15 Å². The third kappa shape index (κ3) is 3.67. The molecule has 2 aromatic rings. The summed E-state index contributed by atoms with van der Waals surface area (Å²) in [4.78, 5) is 2.35. The van der Waals surface area contributed by atoms with Gasteiger partial charge >= 0.3 is 0 Å². The van der Waals surface area contributed by atoms with E-state index in [9.17, 15) is 0 Å². The van der Waals surface area contributed by atoms with Gasteiger partial charge < -0.3 is 15.0 Å². The average molecular weight is 319 g/mol. The quantitative estimate of drug-likeness (QED) is 0.938. The zero-order valence-electron chi connectivity index (χ0n) is 12.5. The van der Waals surface area contributed by atoms with Crippen molar-refractivity contribution in [3.8, 4) is 0 Å². The topological polar surface area (TPSA) is 50.3 Å². The Kier molecular flexibility index (Phi) is 4.75. The van der Waals surface area contributed by atoms with E-state index in [1.54, 1.807) is 6.07 Å². The van der Waals surface area contributed by atoms with Crippen LogP contribution in [0.25, 0.3) is 0 Å². The number of aromatic nitrogens is 2. The van der Waals surface area contributed by atoms with E-state index in [1.807, 2.05) is 6.07 Å². The number of halogens is 1. The molecule has 1 aliphatic rings. The van der Waals surface area contributed by atoms with Gasteiger partial charge in [0.25, 0.3) is 0 Å². The summed E-state index contributed by atoms with van der Waals surface area (Å²) in [6.45, 7) is 5.56. The molecule has 0 unspecified atom stereocenters. The molecule has 0 radical (unpaired) electrons. The molecule has 0 bridgehead atoms. The Bertz CT molecular complexity index is 614. The summed E-state index contributed by atoms with van der Waals surface area (Å²) in [6, 6.07) is 12.3. The van der Waals surface area contributed by atoms with E-state index in [0.29, 0.717) is 11.0 Å². The lowest BCUT2D eigenvalue weighted by Gasteiger charge is -2.29. The molecule has 1 N–H and O–H groups in total. The molecule has 1 atom stereocenters. The highest BCUT2D eigenvalue weighted by molar-refractivity contribution is 6.29. The number of anilines is 2. The summed E-state index contributed by atoms with van der Waals surface area (Å²) in [6.07, 6.45) is 0. The zero-order valence-corrected chi connectivity index (χ0v) is 13.3. The number of morpholine rings is 1. The van der Waals surface area contributed by atoms with Gasteiger partial charge in [-0.1, -0.05) is 23.7 Å². The monoisotopic (exact) mass is 318 g/mol. The first-order valence-corrected chi connectivity index (χ1v) is 7.78. The van der Waals surface area contributed by atoms with Crippen LogP contribution in [-0.4, -0.2) is 36.5 Å². The molecule has 116 valence electrons. The van der Waals surface area contributed by atoms with Crippen LogP contribution in [0.15, 0.2) is 36.4 Å². The maximum absolute atomic E-state index is 5.75. The highest BCUT2D eigenvalue weighted by Gasteiger charge is 2.13. The van der Waals surface area contributed by atoms with Crippen LogP contribution in [0.5, 0.6) is 0 Å². The van der Waals surface area contributed by atoms with Crippen molar-refractivity contribution < 1.29 is 4.74 Å². The summed E-state index contributed by atoms with van der Waals surface area (Å²) in [5.74, 6) is 0.716. The molecule has 1 aliphatic heterocycles. The molecular formula is C16H19ClN4O. The van der Waals surface area contributed by atoms with Gasteiger partial charge in [0.15, 0.2) is 5.15 Å². The molecule has 6 heteroatoms. The SMILES string of the molecule is C[C@H](Nc1ccc(Cl)nn1)c1cccc(N2CCOCC2)c1. The Morgan fingerprint density at radius 1 is 1.18 bits per heavy atom. The first kappa shape index (κ1) is 15.1. The van der Waals surface area contributed by atoms with Gasteiger partial charge in [-0.3, -0.25) is 0 Å². The number of rotatable bonds is 4. The third-order valence-electron chi connectivity index (χ3n) is 3.74. The van der Waals surface area contributed by atoms with Crippen molar-refractivity contribution in [1.29, 1.82) is 0 Å². The zero-order chi connectivity index (χ0) is 15.4. The molecule has 5 nitrogen and oxygen atoms in total. The van der Waals surface area contributed by atoms with Crippen molar-refractivity contribution in [1.82, 2.24) is 10.2 Å². The number of nitrogens with one attached hydrogen (secondary N) is 1. The summed E-state index contributed by atoms with van der Waals surface area (Å²) in [7, 11) is 0. The molecule has 3 rings (SSSR count). The van der Waals surface area contributed by atoms with Crippen LogP contribution < -0.4 is 10.2 Å². The second kappa shape index (κ2) is 6.94. The smallest absolute Gasteiger partial charge is 0.151 e. The van der Waals surface area contributed by atoms with Crippen LogP contribution in [0.4, 0.5) is 11.5 Å². The Morgan fingerprint density at radius 3 is 2.73 bits per heavy atom. The van der Waals surface area contributed by atoms with E-state index in [2.05, 4.69) is 51.6 Å². The minimum absolute atomic E-state index is 0.136. The summed E-state index contributed by atoms with van der Waals surface area (Å²) < 4.78 is 5.41. The number of ether oxygens (including phenoxy) is 1. The third-order valence-corrected chi connectivity index (χ3v) is 3.94. The van der Waals surface area contributed by atoms with Crippen molar-refractivity contribution >= 4 is 23.1 Å². The van der Waals surface area contributed by atoms with Crippen LogP contribution in [0.1, 0.15) is 18.5 Å². The van der Waals surface area contributed by atoms with E-state index in [4.69, 9.17) is 16.3 Å². The van der Waals surface area contributed by atoms with Crippen LogP contribution in [0, 0.1) is 0 Å². The van der Waals surface area contributed by atoms with E-state index >= 15 is 0 Å². The second-order valence-electron chi connectivity index (χ2n) is 5.30. The number of hydrogen-bond acceptors (Lipinski definition) is 5. The Balaban J connectivity index is 1.71. The van der Waals surface area contributed by atoms with Crippen molar-refractivity contribution in [2.75, 3.05) is 36.5 Å². The molecule has 0 aliphatic carbocycles. The normalized spacial score (nSPS) is 16.4. The number of benzene rings is 1. The molecule has 0 amide bonds. The Morgan fingerprint density at radius 2 is 2.00 bits per heavy atom. The largest absolute Gasteiger partial charge is 0.378 e. The number of hydrogen-bond donors (Lipinski definition) is 1. The molecule has 1 saturated heterocycles. The Labute approximate surface area is 135 Å². The van der Waals surface area contributed by atoms with Crippen molar-refractivity contribution in [2.45, 2.75) is 13.0 Å². The summed E-state index contributed by atoms with van der Waals surface area (Å²) >= 11 is 5.75. The van der Waals surface area contributed by atoms with Crippen molar-refractivity contribution in [3.63, 3.8) is 0 Å². The van der Waals surface area contributed by atoms with Crippen molar-refractivity contribution in [2.24, 2.45) is 0 Å². The van der Waals surface area contributed by atoms with Gasteiger partial charge in [0.05, 0.1) is 19.3 Å². The molecule has 0 spiro atoms. The molecule has 1 aromatic heterocycles. The lowest BCUT2D eigenvalue weighted by Crippen LogP contribution is -2.36. The standard InChI is InChI=1S/C16H19ClN4O/c1-12(18-16-6-5-15(17)19-20-16)13-3-2-4-14(11-13)21-7-9-22-10-8-21/h2-6,11-12H,7-10H2,1H3,(H,18,20)/t12-/m0/s1. The summed E-state index contributed by atoms with van der Waals surface area (Å²) in [5.41, 5.74) is 2.44. The van der Waals surface area contributed by atoms with E-state index in [0.717, 1.165) is 26.3 Å². The second-order valence-corrected chi connectivity index (χ2v) is 5.69. The summed E-state index contributed by atoms with van der Waals surface area (Å²) in [5, 5.41) is 11.6. The van der Waals surface area contributed by atoms with Crippen LogP contribution >= 0.6 is 11.6 Å². The predicted octanol–water partition coefficient (Wildman–Crippen LogP) is 3.14. The van der Waals surface area contributed by atoms with Gasteiger partial charge in [-0.2, -0.15) is 0 Å². The van der Waals surface area contributed by atoms with Crippen LogP contribution in [-0.2, 0) is 4.74 Å². The first-order valence-electron chi connectivity index (χ1n) is 7.41.